The molecular weight excluding hydrogens is 1010 g/mol. The van der Waals surface area contributed by atoms with Crippen LogP contribution in [0.15, 0.2) is 176 Å². The fourth-order valence-corrected chi connectivity index (χ4v) is 12.2. The van der Waals surface area contributed by atoms with Gasteiger partial charge in [0.25, 0.3) is 0 Å². The Morgan fingerprint density at radius 1 is 0.350 bits per heavy atom. The van der Waals surface area contributed by atoms with Gasteiger partial charge in [0.2, 0.25) is 0 Å². The van der Waals surface area contributed by atoms with Crippen molar-refractivity contribution in [2.75, 3.05) is 0 Å². The predicted molar refractivity (Wildman–Crippen MR) is 315 cm³/mol. The molecule has 9 heteroatoms. The van der Waals surface area contributed by atoms with E-state index in [0.717, 1.165) is 106 Å². The fraction of sp³-hybridized carbons (Fsp3) is 0.141. The van der Waals surface area contributed by atoms with E-state index in [9.17, 15) is 5.26 Å². The van der Waals surface area contributed by atoms with Crippen LogP contribution >= 0.6 is 0 Å². The van der Waals surface area contributed by atoms with Gasteiger partial charge in [-0.2, -0.15) is 31.6 Å². The summed E-state index contributed by atoms with van der Waals surface area (Å²) in [6, 6.07) is 56.2. The molecule has 0 saturated heterocycles. The first-order chi connectivity index (χ1) is 38.2. The van der Waals surface area contributed by atoms with Crippen LogP contribution in [0.3, 0.4) is 0 Å². The molecule has 0 unspecified atom stereocenters. The van der Waals surface area contributed by atoms with Crippen molar-refractivity contribution in [1.82, 2.24) is 9.13 Å². The zero-order valence-corrected chi connectivity index (χ0v) is 45.4. The number of rotatable bonds is 7. The smallest absolute Gasteiger partial charge is 0.308 e. The van der Waals surface area contributed by atoms with E-state index >= 15 is 26.3 Å². The average molecular weight is 1060 g/mol. The molecule has 2 aromatic heterocycles. The van der Waals surface area contributed by atoms with E-state index < -0.39 is 34.6 Å². The lowest BCUT2D eigenvalue weighted by Gasteiger charge is -2.24. The quantitative estimate of drug-likeness (QED) is 0.146. The lowest BCUT2D eigenvalue weighted by molar-refractivity contribution is -0.142. The summed E-state index contributed by atoms with van der Waals surface area (Å²) >= 11 is 0. The minimum atomic E-state index is -5.23. The van der Waals surface area contributed by atoms with Gasteiger partial charge < -0.3 is 9.13 Å². The number of halogens is 6. The van der Waals surface area contributed by atoms with Crippen LogP contribution in [-0.2, 0) is 12.4 Å². The summed E-state index contributed by atoms with van der Waals surface area (Å²) < 4.78 is 97.2. The van der Waals surface area contributed by atoms with Gasteiger partial charge in [-0.3, -0.25) is 0 Å². The lowest BCUT2D eigenvalue weighted by atomic mass is 9.90. The standard InChI is InChI=1S/C71H53F6N3/c1-39-12-21-52(44(6)30-39)49-18-26-63-57(35-49)58-36-50(53-22-13-40(2)31-45(53)7)19-27-64(58)79(63)67-29-24-55(68-61(70(72,73)74)10-9-11-62(68)71(75,76)77)69(60(67)38-78)80-65-25-17-48(47-16-15-42(4)43(5)33-47)34-56(65)59-37-51(20-28-66(59)80)54-23-14-41(3)32-46(54)8/h9-37H,1-8H3. The van der Waals surface area contributed by atoms with Gasteiger partial charge >= 0.3 is 12.4 Å². The van der Waals surface area contributed by atoms with Gasteiger partial charge in [-0.15, -0.1) is 0 Å². The highest BCUT2D eigenvalue weighted by atomic mass is 19.4. The summed E-state index contributed by atoms with van der Waals surface area (Å²) in [5, 5.41) is 15.0. The van der Waals surface area contributed by atoms with E-state index in [4.69, 9.17) is 0 Å². The van der Waals surface area contributed by atoms with Crippen LogP contribution in [0.1, 0.15) is 61.2 Å². The maximum Gasteiger partial charge on any atom is 0.417 e. The van der Waals surface area contributed by atoms with Crippen molar-refractivity contribution in [2.45, 2.75) is 67.7 Å². The van der Waals surface area contributed by atoms with Crippen molar-refractivity contribution < 1.29 is 26.3 Å². The molecule has 0 atom stereocenters. The molecule has 12 rings (SSSR count). The Kier molecular flexibility index (Phi) is 12.3. The number of aromatic nitrogens is 2. The number of nitriles is 1. The first-order valence-corrected chi connectivity index (χ1v) is 26.5. The third-order valence-electron chi connectivity index (χ3n) is 16.1. The summed E-state index contributed by atoms with van der Waals surface area (Å²) in [5.41, 5.74) is 14.3. The van der Waals surface area contributed by atoms with E-state index in [0.29, 0.717) is 45.0 Å². The highest BCUT2D eigenvalue weighted by Gasteiger charge is 2.42. The molecule has 0 aliphatic heterocycles. The molecule has 12 aromatic rings. The van der Waals surface area contributed by atoms with Crippen molar-refractivity contribution in [3.63, 3.8) is 0 Å². The molecule has 0 bridgehead atoms. The molecule has 3 nitrogen and oxygen atoms in total. The first kappa shape index (κ1) is 51.6. The number of alkyl halides is 6. The SMILES string of the molecule is Cc1ccc(-c2ccc3c(c2)c2cc(-c4ccc(C)cc4C)ccc2n3-c2ccc(-c3c(C(F)(F)F)cccc3C(F)(F)F)c(-n3c4ccc(-c5ccc(C)c(C)c5)cc4c4cc(-c5ccc(C)cc5C)ccc43)c2C#N)c(C)c1. The van der Waals surface area contributed by atoms with E-state index in [1.54, 1.807) is 4.57 Å². The van der Waals surface area contributed by atoms with Gasteiger partial charge in [0.1, 0.15) is 11.6 Å². The molecule has 80 heavy (non-hydrogen) atoms. The van der Waals surface area contributed by atoms with Crippen LogP contribution in [-0.4, -0.2) is 9.13 Å². The molecule has 10 aromatic carbocycles. The topological polar surface area (TPSA) is 33.6 Å². The maximum absolute atomic E-state index is 15.6. The molecule has 0 aliphatic carbocycles. The van der Waals surface area contributed by atoms with Crippen LogP contribution in [0, 0.1) is 66.7 Å². The summed E-state index contributed by atoms with van der Waals surface area (Å²) in [6.45, 7) is 16.4. The van der Waals surface area contributed by atoms with Gasteiger partial charge in [-0.05, 0) is 194 Å². The third kappa shape index (κ3) is 8.62. The Morgan fingerprint density at radius 2 is 0.725 bits per heavy atom. The monoisotopic (exact) mass is 1060 g/mol. The Balaban J connectivity index is 1.24. The molecule has 0 aliphatic rings. The fourth-order valence-electron chi connectivity index (χ4n) is 12.2. The Labute approximate surface area is 460 Å². The minimum absolute atomic E-state index is 0.126. The van der Waals surface area contributed by atoms with Crippen molar-refractivity contribution in [1.29, 1.82) is 5.26 Å². The number of benzene rings is 10. The van der Waals surface area contributed by atoms with Gasteiger partial charge in [-0.25, -0.2) is 0 Å². The number of nitrogens with zero attached hydrogens (tertiary/aromatic N) is 3. The Morgan fingerprint density at radius 3 is 1.12 bits per heavy atom. The van der Waals surface area contributed by atoms with Crippen molar-refractivity contribution in [3.05, 3.63) is 237 Å². The number of hydrogen-bond donors (Lipinski definition) is 0. The van der Waals surface area contributed by atoms with Crippen molar-refractivity contribution >= 4 is 43.6 Å². The largest absolute Gasteiger partial charge is 0.417 e. The molecule has 0 radical (unpaired) electrons. The highest BCUT2D eigenvalue weighted by Crippen LogP contribution is 2.50. The van der Waals surface area contributed by atoms with Gasteiger partial charge in [0.05, 0.1) is 44.6 Å². The summed E-state index contributed by atoms with van der Waals surface area (Å²) in [6.07, 6.45) is -10.5. The Bertz CT molecular complexity index is 4470. The van der Waals surface area contributed by atoms with E-state index in [1.807, 2.05) is 125 Å². The molecular formula is C71H53F6N3. The molecule has 0 saturated carbocycles. The van der Waals surface area contributed by atoms with Crippen LogP contribution in [0.25, 0.3) is 111 Å². The van der Waals surface area contributed by atoms with E-state index in [1.165, 1.54) is 12.1 Å². The number of hydrogen-bond acceptors (Lipinski definition) is 1. The maximum atomic E-state index is 15.6. The second-order valence-corrected chi connectivity index (χ2v) is 21.5. The zero-order chi connectivity index (χ0) is 56.3. The minimum Gasteiger partial charge on any atom is -0.308 e. The zero-order valence-electron chi connectivity index (χ0n) is 45.4. The summed E-state index contributed by atoms with van der Waals surface area (Å²) in [5.74, 6) is 0. The van der Waals surface area contributed by atoms with Gasteiger partial charge in [0, 0.05) is 32.7 Å². The highest BCUT2D eigenvalue weighted by molar-refractivity contribution is 6.14. The predicted octanol–water partition coefficient (Wildman–Crippen LogP) is 20.6. The lowest BCUT2D eigenvalue weighted by Crippen LogP contribution is -2.16. The molecule has 0 fully saturated rings. The average Bonchev–Trinajstić information content (AvgIpc) is 2.97. The van der Waals surface area contributed by atoms with Gasteiger partial charge in [0.15, 0.2) is 0 Å². The summed E-state index contributed by atoms with van der Waals surface area (Å²) in [4.78, 5) is 0. The van der Waals surface area contributed by atoms with Crippen LogP contribution in [0.2, 0.25) is 0 Å². The van der Waals surface area contributed by atoms with Crippen molar-refractivity contribution in [2.24, 2.45) is 0 Å². The molecule has 0 spiro atoms. The normalized spacial score (nSPS) is 12.1. The third-order valence-corrected chi connectivity index (χ3v) is 16.1. The van der Waals surface area contributed by atoms with Crippen molar-refractivity contribution in [3.8, 4) is 73.1 Å². The second-order valence-electron chi connectivity index (χ2n) is 21.5. The summed E-state index contributed by atoms with van der Waals surface area (Å²) in [7, 11) is 0. The second kappa shape index (κ2) is 19.1. The Hall–Kier alpha value is -9.13. The van der Waals surface area contributed by atoms with Crippen LogP contribution in [0.5, 0.6) is 0 Å². The molecule has 0 N–H and O–H groups in total. The van der Waals surface area contributed by atoms with E-state index in [2.05, 4.69) is 86.6 Å². The van der Waals surface area contributed by atoms with Gasteiger partial charge in [-0.1, -0.05) is 126 Å². The molecule has 0 amide bonds. The number of aryl methyl sites for hydroxylation is 8. The molecule has 2 heterocycles. The van der Waals surface area contributed by atoms with Crippen LogP contribution < -0.4 is 0 Å². The number of fused-ring (bicyclic) bond motifs is 6. The first-order valence-electron chi connectivity index (χ1n) is 26.5. The van der Waals surface area contributed by atoms with Crippen LogP contribution in [0.4, 0.5) is 26.3 Å². The van der Waals surface area contributed by atoms with E-state index in [-0.39, 0.29) is 16.9 Å². The molecule has 394 valence electrons.